The molecule has 0 amide bonds. The Bertz CT molecular complexity index is 1020. The van der Waals surface area contributed by atoms with E-state index in [1.165, 1.54) is 12.1 Å². The van der Waals surface area contributed by atoms with Crippen LogP contribution in [0.25, 0.3) is 0 Å². The summed E-state index contributed by atoms with van der Waals surface area (Å²) in [7, 11) is 0. The predicted molar refractivity (Wildman–Crippen MR) is 110 cm³/mol. The molecule has 3 N–H and O–H groups in total. The van der Waals surface area contributed by atoms with E-state index in [0.717, 1.165) is 16.5 Å². The number of hydrogen-bond acceptors (Lipinski definition) is 6. The summed E-state index contributed by atoms with van der Waals surface area (Å²) in [4.78, 5) is 11.3. The van der Waals surface area contributed by atoms with E-state index in [1.807, 2.05) is 29.2 Å². The zero-order chi connectivity index (χ0) is 20.8. The maximum atomic E-state index is 13.2. The van der Waals surface area contributed by atoms with Gasteiger partial charge in [0.25, 0.3) is 0 Å². The summed E-state index contributed by atoms with van der Waals surface area (Å²) >= 11 is 3.48. The number of hydrogen-bond donors (Lipinski definition) is 2. The number of phenols is 1. The minimum atomic E-state index is -3.42. The van der Waals surface area contributed by atoms with Gasteiger partial charge in [0.05, 0.1) is 0 Å². The summed E-state index contributed by atoms with van der Waals surface area (Å²) in [6, 6.07) is 11.8. The maximum Gasteiger partial charge on any atom is 0.395 e. The molecule has 2 aliphatic rings. The third-order valence-corrected chi connectivity index (χ3v) is 5.34. The van der Waals surface area contributed by atoms with E-state index in [9.17, 15) is 13.9 Å². The van der Waals surface area contributed by atoms with Crippen molar-refractivity contribution in [2.24, 2.45) is 15.7 Å². The molecular weight excluding hydrogens is 446 g/mol. The summed E-state index contributed by atoms with van der Waals surface area (Å²) < 4.78 is 31.9. The lowest BCUT2D eigenvalue weighted by molar-refractivity contribution is -0.159. The number of phenolic OH excluding ortho intramolecular Hbond substituents is 1. The lowest BCUT2D eigenvalue weighted by atomic mass is 9.82. The molecule has 2 aromatic rings. The van der Waals surface area contributed by atoms with Crippen LogP contribution in [0, 0.1) is 0 Å². The van der Waals surface area contributed by atoms with Gasteiger partial charge in [-0.3, -0.25) is 9.89 Å². The van der Waals surface area contributed by atoms with E-state index in [1.54, 1.807) is 6.07 Å². The number of benzene rings is 2. The van der Waals surface area contributed by atoms with Gasteiger partial charge in [0.2, 0.25) is 0 Å². The number of aliphatic imine (C=N–C) groups is 2. The molecule has 2 heterocycles. The summed E-state index contributed by atoms with van der Waals surface area (Å²) in [6.07, 6.45) is -2.57. The van der Waals surface area contributed by atoms with Gasteiger partial charge < -0.3 is 15.6 Å². The maximum absolute atomic E-state index is 13.2. The Kier molecular flexibility index (Phi) is 4.72. The van der Waals surface area contributed by atoms with Crippen LogP contribution in [0.5, 0.6) is 11.5 Å². The first-order valence-electron chi connectivity index (χ1n) is 9.05. The molecule has 0 aromatic heterocycles. The Hall–Kier alpha value is -2.68. The average Bonchev–Trinajstić information content (AvgIpc) is 2.97. The number of alkyl halides is 2. The highest BCUT2D eigenvalue weighted by Crippen LogP contribution is 2.44. The molecule has 9 heteroatoms. The Morgan fingerprint density at radius 1 is 1.24 bits per heavy atom. The number of amidine groups is 1. The SMILES string of the molecule is CC(F)(F)Oc1ccc(C2(c3cccc(Br)c3)N=C(N)N3CCCN=C32)cc1O. The van der Waals surface area contributed by atoms with Crippen LogP contribution in [0.4, 0.5) is 8.78 Å². The van der Waals surface area contributed by atoms with Crippen LogP contribution in [0.2, 0.25) is 0 Å². The van der Waals surface area contributed by atoms with E-state index >= 15 is 0 Å². The first kappa shape index (κ1) is 19.6. The molecule has 0 radical (unpaired) electrons. The molecule has 0 bridgehead atoms. The molecule has 4 rings (SSSR count). The van der Waals surface area contributed by atoms with Crippen molar-refractivity contribution in [2.75, 3.05) is 13.1 Å². The van der Waals surface area contributed by atoms with Crippen LogP contribution in [-0.4, -0.2) is 41.0 Å². The van der Waals surface area contributed by atoms with E-state index < -0.39 is 17.4 Å². The van der Waals surface area contributed by atoms with Crippen LogP contribution in [0.3, 0.4) is 0 Å². The zero-order valence-corrected chi connectivity index (χ0v) is 17.2. The number of fused-ring (bicyclic) bond motifs is 1. The van der Waals surface area contributed by atoms with Gasteiger partial charge in [-0.15, -0.1) is 0 Å². The summed E-state index contributed by atoms with van der Waals surface area (Å²) in [5, 5.41) is 10.4. The highest BCUT2D eigenvalue weighted by Gasteiger charge is 2.49. The van der Waals surface area contributed by atoms with Crippen molar-refractivity contribution in [1.29, 1.82) is 0 Å². The van der Waals surface area contributed by atoms with E-state index in [0.29, 0.717) is 37.4 Å². The first-order chi connectivity index (χ1) is 13.7. The standard InChI is InChI=1S/C20H19BrF2N4O2/c1-19(22,23)29-16-7-6-13(11-15(16)28)20(12-4-2-5-14(21)10-12)17-25-8-3-9-27(17)18(24)26-20/h2,4-7,10-11,28H,3,8-9H2,1H3,(H2,24,26). The molecule has 29 heavy (non-hydrogen) atoms. The second-order valence-electron chi connectivity index (χ2n) is 6.99. The predicted octanol–water partition coefficient (Wildman–Crippen LogP) is 3.82. The number of nitrogens with two attached hydrogens (primary N) is 1. The van der Waals surface area contributed by atoms with E-state index in [-0.39, 0.29) is 5.75 Å². The molecule has 152 valence electrons. The first-order valence-corrected chi connectivity index (χ1v) is 9.84. The second-order valence-corrected chi connectivity index (χ2v) is 7.91. The van der Waals surface area contributed by atoms with Gasteiger partial charge in [-0.25, -0.2) is 4.99 Å². The second kappa shape index (κ2) is 6.98. The lowest BCUT2D eigenvalue weighted by Gasteiger charge is -2.33. The Morgan fingerprint density at radius 2 is 2.00 bits per heavy atom. The van der Waals surface area contributed by atoms with Crippen molar-refractivity contribution in [3.8, 4) is 11.5 Å². The molecule has 1 unspecified atom stereocenters. The summed E-state index contributed by atoms with van der Waals surface area (Å²) in [5.41, 5.74) is 6.46. The number of halogens is 3. The fourth-order valence-corrected chi connectivity index (χ4v) is 4.11. The van der Waals surface area contributed by atoms with Crippen molar-refractivity contribution in [3.63, 3.8) is 0 Å². The van der Waals surface area contributed by atoms with Gasteiger partial charge in [0.1, 0.15) is 5.84 Å². The smallest absolute Gasteiger partial charge is 0.395 e. The van der Waals surface area contributed by atoms with Crippen LogP contribution in [0.1, 0.15) is 24.5 Å². The molecular formula is C20H19BrF2N4O2. The number of nitrogens with zero attached hydrogens (tertiary/aromatic N) is 3. The third-order valence-electron chi connectivity index (χ3n) is 4.85. The van der Waals surface area contributed by atoms with Crippen molar-refractivity contribution in [3.05, 3.63) is 58.1 Å². The van der Waals surface area contributed by atoms with Crippen molar-refractivity contribution in [2.45, 2.75) is 25.0 Å². The minimum absolute atomic E-state index is 0.317. The molecule has 0 fully saturated rings. The largest absolute Gasteiger partial charge is 0.504 e. The summed E-state index contributed by atoms with van der Waals surface area (Å²) in [5.74, 6) is 0.238. The molecule has 0 saturated heterocycles. The molecule has 0 aliphatic carbocycles. The monoisotopic (exact) mass is 464 g/mol. The number of aromatic hydroxyl groups is 1. The van der Waals surface area contributed by atoms with E-state index in [2.05, 4.69) is 25.7 Å². The van der Waals surface area contributed by atoms with Gasteiger partial charge in [-0.2, -0.15) is 8.78 Å². The van der Waals surface area contributed by atoms with Crippen molar-refractivity contribution >= 4 is 27.7 Å². The Labute approximate surface area is 174 Å². The van der Waals surface area contributed by atoms with Crippen LogP contribution in [-0.2, 0) is 5.54 Å². The molecule has 0 spiro atoms. The van der Waals surface area contributed by atoms with Gasteiger partial charge in [0, 0.05) is 24.5 Å². The van der Waals surface area contributed by atoms with Gasteiger partial charge >= 0.3 is 6.11 Å². The van der Waals surface area contributed by atoms with Crippen LogP contribution >= 0.6 is 15.9 Å². The Balaban J connectivity index is 1.91. The van der Waals surface area contributed by atoms with Gasteiger partial charge in [0.15, 0.2) is 23.0 Å². The lowest BCUT2D eigenvalue weighted by Crippen LogP contribution is -2.46. The zero-order valence-electron chi connectivity index (χ0n) is 15.6. The van der Waals surface area contributed by atoms with Crippen molar-refractivity contribution in [1.82, 2.24) is 4.90 Å². The summed E-state index contributed by atoms with van der Waals surface area (Å²) in [6.45, 7) is 1.92. The fourth-order valence-electron chi connectivity index (χ4n) is 3.71. The molecule has 1 atom stereocenters. The topological polar surface area (TPSA) is 83.4 Å². The van der Waals surface area contributed by atoms with Crippen LogP contribution in [0.15, 0.2) is 56.9 Å². The average molecular weight is 465 g/mol. The van der Waals surface area contributed by atoms with Gasteiger partial charge in [-0.05, 0) is 41.8 Å². The molecule has 0 saturated carbocycles. The molecule has 2 aliphatic heterocycles. The highest BCUT2D eigenvalue weighted by molar-refractivity contribution is 9.10. The van der Waals surface area contributed by atoms with Crippen LogP contribution < -0.4 is 10.5 Å². The Morgan fingerprint density at radius 3 is 2.69 bits per heavy atom. The van der Waals surface area contributed by atoms with E-state index in [4.69, 9.17) is 10.7 Å². The number of guanidine groups is 1. The minimum Gasteiger partial charge on any atom is -0.504 e. The third kappa shape index (κ3) is 3.43. The van der Waals surface area contributed by atoms with Gasteiger partial charge in [-0.1, -0.05) is 34.1 Å². The fraction of sp³-hybridized carbons (Fsp3) is 0.300. The molecule has 6 nitrogen and oxygen atoms in total. The normalized spacial score (nSPS) is 21.4. The quantitative estimate of drug-likeness (QED) is 0.720. The van der Waals surface area contributed by atoms with Crippen molar-refractivity contribution < 1.29 is 18.6 Å². The number of ether oxygens (including phenoxy) is 1. The molecule has 2 aromatic carbocycles. The number of rotatable bonds is 4. The highest BCUT2D eigenvalue weighted by atomic mass is 79.9.